The predicted molar refractivity (Wildman–Crippen MR) is 82.1 cm³/mol. The van der Waals surface area contributed by atoms with Crippen LogP contribution < -0.4 is 10.6 Å². The molecule has 0 saturated carbocycles. The third-order valence-corrected chi connectivity index (χ3v) is 3.05. The number of hydrogen-bond acceptors (Lipinski definition) is 6. The van der Waals surface area contributed by atoms with Crippen LogP contribution in [0.25, 0.3) is 0 Å². The molecule has 22 heavy (non-hydrogen) atoms. The van der Waals surface area contributed by atoms with E-state index in [-0.39, 0.29) is 18.2 Å². The summed E-state index contributed by atoms with van der Waals surface area (Å²) in [7, 11) is 2.58. The number of nitrogens with one attached hydrogen (secondary N) is 2. The summed E-state index contributed by atoms with van der Waals surface area (Å²) in [5, 5.41) is 5.77. The second kappa shape index (κ2) is 8.73. The van der Waals surface area contributed by atoms with E-state index in [4.69, 9.17) is 0 Å². The molecule has 1 amide bonds. The minimum absolute atomic E-state index is 0.0691. The van der Waals surface area contributed by atoms with Crippen molar-refractivity contribution < 1.29 is 23.9 Å². The molecule has 2 N–H and O–H groups in total. The summed E-state index contributed by atoms with van der Waals surface area (Å²) in [5.74, 6) is -1.51. The Hall–Kier alpha value is -1.63. The second-order valence-electron chi connectivity index (χ2n) is 6.39. The number of amides is 1. The zero-order valence-electron chi connectivity index (χ0n) is 14.5. The Morgan fingerprint density at radius 1 is 1.05 bits per heavy atom. The van der Waals surface area contributed by atoms with Crippen molar-refractivity contribution in [1.82, 2.24) is 10.6 Å². The summed E-state index contributed by atoms with van der Waals surface area (Å²) in [6, 6.07) is -1.38. The first-order valence-electron chi connectivity index (χ1n) is 7.24. The maximum Gasteiger partial charge on any atom is 0.322 e. The van der Waals surface area contributed by atoms with Crippen LogP contribution in [0.3, 0.4) is 0 Å². The summed E-state index contributed by atoms with van der Waals surface area (Å²) in [4.78, 5) is 35.4. The maximum absolute atomic E-state index is 12.4. The molecule has 0 aliphatic rings. The molecule has 7 nitrogen and oxygen atoms in total. The fourth-order valence-corrected chi connectivity index (χ4v) is 1.92. The van der Waals surface area contributed by atoms with Gasteiger partial charge in [0.2, 0.25) is 5.91 Å². The van der Waals surface area contributed by atoms with Crippen molar-refractivity contribution in [2.24, 2.45) is 5.92 Å². The number of carbonyl (C=O) groups is 3. The molecule has 128 valence electrons. The van der Waals surface area contributed by atoms with Crippen molar-refractivity contribution in [1.29, 1.82) is 0 Å². The molecule has 0 spiro atoms. The van der Waals surface area contributed by atoms with Gasteiger partial charge in [-0.2, -0.15) is 0 Å². The van der Waals surface area contributed by atoms with E-state index >= 15 is 0 Å². The first-order valence-corrected chi connectivity index (χ1v) is 7.24. The highest BCUT2D eigenvalue weighted by molar-refractivity contribution is 5.85. The lowest BCUT2D eigenvalue weighted by Crippen LogP contribution is -2.56. The van der Waals surface area contributed by atoms with Gasteiger partial charge in [-0.25, -0.2) is 0 Å². The number of methoxy groups -OCH3 is 2. The van der Waals surface area contributed by atoms with Gasteiger partial charge in [0.25, 0.3) is 0 Å². The van der Waals surface area contributed by atoms with Crippen molar-refractivity contribution in [3.05, 3.63) is 0 Å². The van der Waals surface area contributed by atoms with Gasteiger partial charge in [0.15, 0.2) is 0 Å². The van der Waals surface area contributed by atoms with E-state index in [1.54, 1.807) is 13.8 Å². The van der Waals surface area contributed by atoms with Crippen molar-refractivity contribution in [3.63, 3.8) is 0 Å². The summed E-state index contributed by atoms with van der Waals surface area (Å²) >= 11 is 0. The fraction of sp³-hybridized carbons (Fsp3) is 0.800. The molecular weight excluding hydrogens is 288 g/mol. The molecule has 0 saturated heterocycles. The molecule has 0 aliphatic heterocycles. The first kappa shape index (κ1) is 20.4. The normalized spacial score (nSPS) is 15.4. The van der Waals surface area contributed by atoms with Crippen LogP contribution in [0.4, 0.5) is 0 Å². The Kier molecular flexibility index (Phi) is 8.08. The molecule has 0 aromatic heterocycles. The summed E-state index contributed by atoms with van der Waals surface area (Å²) in [6.45, 7) is 8.93. The van der Waals surface area contributed by atoms with Gasteiger partial charge in [0.05, 0.1) is 26.7 Å². The lowest BCUT2D eigenvalue weighted by Gasteiger charge is -2.30. The van der Waals surface area contributed by atoms with Gasteiger partial charge < -0.3 is 14.8 Å². The average molecular weight is 316 g/mol. The molecule has 0 aliphatic carbocycles. The van der Waals surface area contributed by atoms with Crippen molar-refractivity contribution in [2.75, 3.05) is 14.2 Å². The molecule has 0 aromatic carbocycles. The van der Waals surface area contributed by atoms with Crippen LogP contribution in [0.2, 0.25) is 0 Å². The molecule has 0 rings (SSSR count). The van der Waals surface area contributed by atoms with E-state index < -0.39 is 29.6 Å². The van der Waals surface area contributed by atoms with Crippen LogP contribution in [0, 0.1) is 5.92 Å². The molecule has 0 radical (unpaired) electrons. The highest BCUT2D eigenvalue weighted by atomic mass is 16.5. The van der Waals surface area contributed by atoms with E-state index in [1.807, 2.05) is 20.8 Å². The summed E-state index contributed by atoms with van der Waals surface area (Å²) < 4.78 is 9.29. The SMILES string of the molecule is COC(=O)CC(C)[C@@H](N[C@@H](C)C(=O)OC)C(=O)NC(C)(C)C. The quantitative estimate of drug-likeness (QED) is 0.669. The van der Waals surface area contributed by atoms with Crippen molar-refractivity contribution in [2.45, 2.75) is 58.7 Å². The van der Waals surface area contributed by atoms with Crippen LogP contribution in [0.1, 0.15) is 41.0 Å². The van der Waals surface area contributed by atoms with Gasteiger partial charge in [-0.1, -0.05) is 6.92 Å². The average Bonchev–Trinajstić information content (AvgIpc) is 2.40. The Morgan fingerprint density at radius 3 is 2.00 bits per heavy atom. The lowest BCUT2D eigenvalue weighted by atomic mass is 9.95. The van der Waals surface area contributed by atoms with Gasteiger partial charge >= 0.3 is 11.9 Å². The van der Waals surface area contributed by atoms with Crippen molar-refractivity contribution >= 4 is 17.8 Å². The van der Waals surface area contributed by atoms with E-state index in [9.17, 15) is 14.4 Å². The molecule has 7 heteroatoms. The predicted octanol–water partition coefficient (Wildman–Crippen LogP) is 0.620. The topological polar surface area (TPSA) is 93.7 Å². The minimum atomic E-state index is -0.715. The molecule has 0 bridgehead atoms. The lowest BCUT2D eigenvalue weighted by molar-refractivity contribution is -0.143. The summed E-state index contributed by atoms with van der Waals surface area (Å²) in [6.07, 6.45) is 0.0691. The smallest absolute Gasteiger partial charge is 0.322 e. The Bertz CT molecular complexity index is 403. The van der Waals surface area contributed by atoms with Crippen LogP contribution in [-0.2, 0) is 23.9 Å². The Balaban J connectivity index is 5.08. The number of hydrogen-bond donors (Lipinski definition) is 2. The van der Waals surface area contributed by atoms with Gasteiger partial charge in [-0.05, 0) is 33.6 Å². The summed E-state index contributed by atoms with van der Waals surface area (Å²) in [5.41, 5.74) is -0.420. The van der Waals surface area contributed by atoms with E-state index in [1.165, 1.54) is 14.2 Å². The largest absolute Gasteiger partial charge is 0.469 e. The molecule has 3 atom stereocenters. The standard InChI is InChI=1S/C15H28N2O5/c1-9(8-11(18)21-6)12(13(19)17-15(3,4)5)16-10(2)14(20)22-7/h9-10,12,16H,8H2,1-7H3,(H,17,19)/t9?,10-,12+/m0/s1. The first-order chi connectivity index (χ1) is 10.0. The number of ether oxygens (including phenoxy) is 2. The van der Waals surface area contributed by atoms with Gasteiger partial charge in [0, 0.05) is 5.54 Å². The monoisotopic (exact) mass is 316 g/mol. The van der Waals surface area contributed by atoms with Gasteiger partial charge in [-0.15, -0.1) is 0 Å². The van der Waals surface area contributed by atoms with E-state index in [0.717, 1.165) is 0 Å². The molecule has 0 heterocycles. The third-order valence-electron chi connectivity index (χ3n) is 3.05. The van der Waals surface area contributed by atoms with Gasteiger partial charge in [-0.3, -0.25) is 19.7 Å². The van der Waals surface area contributed by atoms with Gasteiger partial charge in [0.1, 0.15) is 6.04 Å². The Morgan fingerprint density at radius 2 is 1.59 bits per heavy atom. The fourth-order valence-electron chi connectivity index (χ4n) is 1.92. The molecule has 0 aromatic rings. The molecule has 1 unspecified atom stereocenters. The van der Waals surface area contributed by atoms with E-state index in [0.29, 0.717) is 0 Å². The number of esters is 2. The van der Waals surface area contributed by atoms with Crippen LogP contribution in [0.15, 0.2) is 0 Å². The maximum atomic E-state index is 12.4. The zero-order valence-corrected chi connectivity index (χ0v) is 14.5. The molecular formula is C15H28N2O5. The van der Waals surface area contributed by atoms with Crippen molar-refractivity contribution in [3.8, 4) is 0 Å². The zero-order chi connectivity index (χ0) is 17.5. The number of carbonyl (C=O) groups excluding carboxylic acids is 3. The number of rotatable bonds is 7. The highest BCUT2D eigenvalue weighted by Gasteiger charge is 2.32. The second-order valence-corrected chi connectivity index (χ2v) is 6.39. The van der Waals surface area contributed by atoms with Crippen LogP contribution in [-0.4, -0.2) is 49.7 Å². The Labute approximate surface area is 132 Å². The minimum Gasteiger partial charge on any atom is -0.469 e. The van der Waals surface area contributed by atoms with Crippen LogP contribution >= 0.6 is 0 Å². The molecule has 0 fully saturated rings. The van der Waals surface area contributed by atoms with Crippen LogP contribution in [0.5, 0.6) is 0 Å². The highest BCUT2D eigenvalue weighted by Crippen LogP contribution is 2.13. The van der Waals surface area contributed by atoms with E-state index in [2.05, 4.69) is 20.1 Å². The third kappa shape index (κ3) is 7.40.